The number of rotatable bonds is 8. The number of carbonyl (C=O) groups is 1. The second-order valence-electron chi connectivity index (χ2n) is 6.47. The summed E-state index contributed by atoms with van der Waals surface area (Å²) in [5, 5.41) is 14.8. The Balaban J connectivity index is 1.57. The molecule has 23 heavy (non-hydrogen) atoms. The van der Waals surface area contributed by atoms with Gasteiger partial charge in [0, 0.05) is 19.6 Å². The summed E-state index contributed by atoms with van der Waals surface area (Å²) in [6.07, 6.45) is 3.41. The Kier molecular flexibility index (Phi) is 7.36. The molecule has 3 N–H and O–H groups in total. The number of hydrogen-bond acceptors (Lipinski definition) is 3. The molecule has 1 aromatic carbocycles. The van der Waals surface area contributed by atoms with Crippen LogP contribution in [0.2, 0.25) is 0 Å². The summed E-state index contributed by atoms with van der Waals surface area (Å²) in [5.41, 5.74) is 2.07. The third-order valence-electron chi connectivity index (χ3n) is 4.28. The molecule has 1 unspecified atom stereocenters. The third-order valence-corrected chi connectivity index (χ3v) is 4.28. The van der Waals surface area contributed by atoms with Crippen LogP contribution < -0.4 is 10.6 Å². The summed E-state index contributed by atoms with van der Waals surface area (Å²) >= 11 is 0. The minimum Gasteiger partial charge on any atom is -0.392 e. The van der Waals surface area contributed by atoms with Crippen molar-refractivity contribution in [1.82, 2.24) is 15.5 Å². The Hall–Kier alpha value is -1.59. The van der Waals surface area contributed by atoms with Crippen molar-refractivity contribution in [3.8, 4) is 0 Å². The fraction of sp³-hybridized carbons (Fsp3) is 0.611. The van der Waals surface area contributed by atoms with E-state index in [-0.39, 0.29) is 12.6 Å². The molecule has 1 heterocycles. The van der Waals surface area contributed by atoms with Crippen LogP contribution in [0.1, 0.15) is 30.9 Å². The quantitative estimate of drug-likeness (QED) is 0.684. The fourth-order valence-electron chi connectivity index (χ4n) is 2.93. The van der Waals surface area contributed by atoms with E-state index in [1.54, 1.807) is 0 Å². The first-order valence-corrected chi connectivity index (χ1v) is 8.60. The highest BCUT2D eigenvalue weighted by atomic mass is 16.3. The predicted octanol–water partition coefficient (Wildman–Crippen LogP) is 1.75. The van der Waals surface area contributed by atoms with E-state index in [4.69, 9.17) is 5.11 Å². The Morgan fingerprint density at radius 2 is 1.83 bits per heavy atom. The molecule has 0 bridgehead atoms. The molecule has 2 rings (SSSR count). The lowest BCUT2D eigenvalue weighted by atomic mass is 10.1. The van der Waals surface area contributed by atoms with E-state index in [9.17, 15) is 4.79 Å². The maximum Gasteiger partial charge on any atom is 0.314 e. The number of amides is 2. The van der Waals surface area contributed by atoms with Gasteiger partial charge in [-0.25, -0.2) is 4.79 Å². The van der Waals surface area contributed by atoms with Crippen LogP contribution in [0.4, 0.5) is 4.79 Å². The van der Waals surface area contributed by atoms with Crippen molar-refractivity contribution in [2.75, 3.05) is 32.7 Å². The van der Waals surface area contributed by atoms with Crippen LogP contribution in [0.15, 0.2) is 24.3 Å². The van der Waals surface area contributed by atoms with E-state index >= 15 is 0 Å². The second-order valence-corrected chi connectivity index (χ2v) is 6.47. The van der Waals surface area contributed by atoms with Gasteiger partial charge < -0.3 is 20.6 Å². The summed E-state index contributed by atoms with van der Waals surface area (Å²) in [7, 11) is 0. The molecule has 0 spiro atoms. The molecule has 1 atom stereocenters. The summed E-state index contributed by atoms with van der Waals surface area (Å²) in [4.78, 5) is 14.3. The number of nitrogens with one attached hydrogen (secondary N) is 2. The maximum atomic E-state index is 11.8. The van der Waals surface area contributed by atoms with Gasteiger partial charge in [-0.3, -0.25) is 0 Å². The van der Waals surface area contributed by atoms with E-state index < -0.39 is 0 Å². The number of likely N-dealkylation sites (tertiary alicyclic amines) is 1. The minimum atomic E-state index is -0.0924. The Morgan fingerprint density at radius 3 is 2.48 bits per heavy atom. The van der Waals surface area contributed by atoms with Gasteiger partial charge in [-0.1, -0.05) is 31.2 Å². The molecule has 0 aromatic heterocycles. The standard InChI is InChI=1S/C18H29N3O2/c1-15(13-21-10-2-3-11-21)12-20-18(23)19-9-8-16-4-6-17(14-22)7-5-16/h4-7,15,22H,2-3,8-14H2,1H3,(H2,19,20,23). The Morgan fingerprint density at radius 1 is 1.17 bits per heavy atom. The van der Waals surface area contributed by atoms with Gasteiger partial charge in [0.25, 0.3) is 0 Å². The molecule has 1 fully saturated rings. The van der Waals surface area contributed by atoms with Gasteiger partial charge in [0.05, 0.1) is 6.61 Å². The van der Waals surface area contributed by atoms with Gasteiger partial charge in [-0.2, -0.15) is 0 Å². The average Bonchev–Trinajstić information content (AvgIpc) is 3.06. The van der Waals surface area contributed by atoms with Crippen LogP contribution in [-0.4, -0.2) is 48.8 Å². The van der Waals surface area contributed by atoms with Gasteiger partial charge in [-0.15, -0.1) is 0 Å². The summed E-state index contributed by atoms with van der Waals surface area (Å²) in [5.74, 6) is 0.477. The molecule has 0 radical (unpaired) electrons. The van der Waals surface area contributed by atoms with Crippen molar-refractivity contribution in [1.29, 1.82) is 0 Å². The number of benzene rings is 1. The third kappa shape index (κ3) is 6.59. The molecule has 5 heteroatoms. The smallest absolute Gasteiger partial charge is 0.314 e. The lowest BCUT2D eigenvalue weighted by molar-refractivity contribution is 0.235. The number of carbonyl (C=O) groups excluding carboxylic acids is 1. The second kappa shape index (κ2) is 9.53. The maximum absolute atomic E-state index is 11.8. The first kappa shape index (κ1) is 17.8. The minimum absolute atomic E-state index is 0.0660. The van der Waals surface area contributed by atoms with Gasteiger partial charge >= 0.3 is 6.03 Å². The molecule has 128 valence electrons. The van der Waals surface area contributed by atoms with Crippen LogP contribution in [0.3, 0.4) is 0 Å². The van der Waals surface area contributed by atoms with Crippen molar-refractivity contribution in [3.63, 3.8) is 0 Å². The highest BCUT2D eigenvalue weighted by Crippen LogP contribution is 2.09. The molecule has 0 aliphatic carbocycles. The lowest BCUT2D eigenvalue weighted by Gasteiger charge is -2.20. The van der Waals surface area contributed by atoms with E-state index in [2.05, 4.69) is 22.5 Å². The van der Waals surface area contributed by atoms with Crippen molar-refractivity contribution >= 4 is 6.03 Å². The van der Waals surface area contributed by atoms with Crippen LogP contribution in [0.25, 0.3) is 0 Å². The van der Waals surface area contributed by atoms with Crippen molar-refractivity contribution in [2.24, 2.45) is 5.92 Å². The predicted molar refractivity (Wildman–Crippen MR) is 92.3 cm³/mol. The molecule has 0 saturated carbocycles. The first-order chi connectivity index (χ1) is 11.2. The summed E-state index contributed by atoms with van der Waals surface area (Å²) < 4.78 is 0. The van der Waals surface area contributed by atoms with Crippen molar-refractivity contribution < 1.29 is 9.90 Å². The molecule has 1 saturated heterocycles. The zero-order valence-electron chi connectivity index (χ0n) is 14.1. The topological polar surface area (TPSA) is 64.6 Å². The van der Waals surface area contributed by atoms with E-state index in [0.29, 0.717) is 19.0 Å². The largest absolute Gasteiger partial charge is 0.392 e. The van der Waals surface area contributed by atoms with E-state index in [1.807, 2.05) is 24.3 Å². The van der Waals surface area contributed by atoms with Gasteiger partial charge in [-0.05, 0) is 49.4 Å². The van der Waals surface area contributed by atoms with E-state index in [0.717, 1.165) is 24.1 Å². The number of urea groups is 1. The monoisotopic (exact) mass is 319 g/mol. The number of hydrogen-bond donors (Lipinski definition) is 3. The highest BCUT2D eigenvalue weighted by Gasteiger charge is 2.14. The van der Waals surface area contributed by atoms with Crippen molar-refractivity contribution in [2.45, 2.75) is 32.8 Å². The zero-order valence-corrected chi connectivity index (χ0v) is 14.1. The first-order valence-electron chi connectivity index (χ1n) is 8.60. The molecular weight excluding hydrogens is 290 g/mol. The molecule has 1 aliphatic rings. The van der Waals surface area contributed by atoms with Crippen molar-refractivity contribution in [3.05, 3.63) is 35.4 Å². The van der Waals surface area contributed by atoms with Crippen LogP contribution in [0, 0.1) is 5.92 Å². The number of aliphatic hydroxyl groups excluding tert-OH is 1. The van der Waals surface area contributed by atoms with Crippen LogP contribution in [0.5, 0.6) is 0 Å². The Bertz CT molecular complexity index is 470. The molecule has 1 aliphatic heterocycles. The zero-order chi connectivity index (χ0) is 16.5. The van der Waals surface area contributed by atoms with Gasteiger partial charge in [0.15, 0.2) is 0 Å². The Labute approximate surface area is 139 Å². The summed E-state index contributed by atoms with van der Waals surface area (Å²) in [6.45, 7) is 7.05. The molecular formula is C18H29N3O2. The molecule has 5 nitrogen and oxygen atoms in total. The van der Waals surface area contributed by atoms with Gasteiger partial charge in [0.2, 0.25) is 0 Å². The molecule has 2 amide bonds. The van der Waals surface area contributed by atoms with Crippen LogP contribution >= 0.6 is 0 Å². The number of aliphatic hydroxyl groups is 1. The average molecular weight is 319 g/mol. The lowest BCUT2D eigenvalue weighted by Crippen LogP contribution is -2.40. The summed E-state index contributed by atoms with van der Waals surface area (Å²) in [6, 6.07) is 7.71. The van der Waals surface area contributed by atoms with E-state index in [1.165, 1.54) is 25.9 Å². The van der Waals surface area contributed by atoms with Crippen LogP contribution in [-0.2, 0) is 13.0 Å². The fourth-order valence-corrected chi connectivity index (χ4v) is 2.93. The highest BCUT2D eigenvalue weighted by molar-refractivity contribution is 5.73. The normalized spacial score (nSPS) is 16.3. The number of nitrogens with zero attached hydrogens (tertiary/aromatic N) is 1. The van der Waals surface area contributed by atoms with Gasteiger partial charge in [0.1, 0.15) is 0 Å². The molecule has 1 aromatic rings. The SMILES string of the molecule is CC(CNC(=O)NCCc1ccc(CO)cc1)CN1CCCC1.